The van der Waals surface area contributed by atoms with Gasteiger partial charge in [-0.15, -0.1) is 0 Å². The third-order valence-electron chi connectivity index (χ3n) is 5.64. The summed E-state index contributed by atoms with van der Waals surface area (Å²) in [6.45, 7) is 1.12. The lowest BCUT2D eigenvalue weighted by atomic mass is 10.1. The van der Waals surface area contributed by atoms with Crippen LogP contribution in [0.2, 0.25) is 0 Å². The van der Waals surface area contributed by atoms with Gasteiger partial charge in [-0.3, -0.25) is 19.2 Å². The van der Waals surface area contributed by atoms with E-state index in [1.165, 1.54) is 11.2 Å². The number of aromatic amines is 1. The average molecular weight is 501 g/mol. The van der Waals surface area contributed by atoms with Crippen LogP contribution in [0.3, 0.4) is 0 Å². The van der Waals surface area contributed by atoms with Crippen molar-refractivity contribution in [1.82, 2.24) is 30.8 Å². The largest absolute Gasteiger partial charge is 0.491 e. The van der Waals surface area contributed by atoms with Gasteiger partial charge in [0.05, 0.1) is 24.9 Å². The number of nitrogens with zero attached hydrogens (tertiary/aromatic N) is 2. The standard InChI is InChI=1S/C24H32N6O6/c1-30-9-11-36-20-7-4-3-6-17(20)22(32)29-18(23(33)26-8-5-10-35-2)13-21(31)28-19(24(30)34)12-16-14-25-15-27-16/h3-4,6-7,14-15,18-19H,5,8-13H2,1-2H3,(H,25,27)(H,26,33)(H,28,31)(H,29,32)/t18-,19-/m0/s1. The number of ether oxygens (including phenoxy) is 2. The number of para-hydroxylation sites is 1. The van der Waals surface area contributed by atoms with Crippen molar-refractivity contribution in [2.75, 3.05) is 40.5 Å². The van der Waals surface area contributed by atoms with Crippen molar-refractivity contribution >= 4 is 23.6 Å². The Morgan fingerprint density at radius 3 is 2.81 bits per heavy atom. The van der Waals surface area contributed by atoms with Gasteiger partial charge in [0.15, 0.2) is 0 Å². The fraction of sp³-hybridized carbons (Fsp3) is 0.458. The first-order chi connectivity index (χ1) is 17.4. The van der Waals surface area contributed by atoms with Gasteiger partial charge in [0, 0.05) is 45.6 Å². The maximum Gasteiger partial charge on any atom is 0.255 e. The molecular formula is C24H32N6O6. The van der Waals surface area contributed by atoms with Crippen molar-refractivity contribution in [1.29, 1.82) is 0 Å². The van der Waals surface area contributed by atoms with Gasteiger partial charge in [-0.25, -0.2) is 4.98 Å². The molecule has 0 unspecified atom stereocenters. The molecule has 2 aromatic rings. The fourth-order valence-corrected chi connectivity index (χ4v) is 3.70. The minimum absolute atomic E-state index is 0.126. The summed E-state index contributed by atoms with van der Waals surface area (Å²) in [6, 6.07) is 4.52. The first-order valence-electron chi connectivity index (χ1n) is 11.7. The highest BCUT2D eigenvalue weighted by Crippen LogP contribution is 2.18. The first-order valence-corrected chi connectivity index (χ1v) is 11.7. The molecular weight excluding hydrogens is 468 g/mol. The van der Waals surface area contributed by atoms with Crippen molar-refractivity contribution in [3.8, 4) is 5.75 Å². The summed E-state index contributed by atoms with van der Waals surface area (Å²) in [6.07, 6.45) is 3.44. The molecule has 0 radical (unpaired) electrons. The van der Waals surface area contributed by atoms with Gasteiger partial charge in [-0.2, -0.15) is 0 Å². The molecule has 4 N–H and O–H groups in total. The van der Waals surface area contributed by atoms with Gasteiger partial charge in [-0.1, -0.05) is 12.1 Å². The Labute approximate surface area is 209 Å². The van der Waals surface area contributed by atoms with Crippen LogP contribution in [0, 0.1) is 0 Å². The molecule has 4 amide bonds. The fourth-order valence-electron chi connectivity index (χ4n) is 3.70. The highest BCUT2D eigenvalue weighted by Gasteiger charge is 2.30. The SMILES string of the molecule is COCCCNC(=O)[C@@H]1CC(=O)N[C@@H](Cc2cnc[nH]2)C(=O)N(C)CCOc2ccccc2C(=O)N1. The normalized spacial score (nSPS) is 19.4. The number of carbonyl (C=O) groups is 4. The number of rotatable bonds is 7. The maximum absolute atomic E-state index is 13.2. The van der Waals surface area contributed by atoms with Gasteiger partial charge in [0.25, 0.3) is 5.91 Å². The van der Waals surface area contributed by atoms with Crippen molar-refractivity contribution in [2.45, 2.75) is 31.3 Å². The Hall–Kier alpha value is -3.93. The van der Waals surface area contributed by atoms with Gasteiger partial charge in [0.1, 0.15) is 24.4 Å². The van der Waals surface area contributed by atoms with E-state index in [0.29, 0.717) is 31.0 Å². The van der Waals surface area contributed by atoms with E-state index in [1.807, 2.05) is 0 Å². The molecule has 0 saturated carbocycles. The molecule has 0 bridgehead atoms. The van der Waals surface area contributed by atoms with Crippen LogP contribution in [0.25, 0.3) is 0 Å². The zero-order valence-corrected chi connectivity index (χ0v) is 20.4. The molecule has 2 heterocycles. The Bertz CT molecular complexity index is 1040. The number of benzene rings is 1. The molecule has 2 atom stereocenters. The van der Waals surface area contributed by atoms with Gasteiger partial charge in [-0.05, 0) is 18.6 Å². The maximum atomic E-state index is 13.2. The van der Waals surface area contributed by atoms with Crippen molar-refractivity contribution in [3.63, 3.8) is 0 Å². The van der Waals surface area contributed by atoms with Crippen LogP contribution >= 0.6 is 0 Å². The number of H-pyrrole nitrogens is 1. The number of fused-ring (bicyclic) bond motifs is 1. The third-order valence-corrected chi connectivity index (χ3v) is 5.64. The van der Waals surface area contributed by atoms with E-state index >= 15 is 0 Å². The Morgan fingerprint density at radius 1 is 1.25 bits per heavy atom. The van der Waals surface area contributed by atoms with Crippen LogP contribution in [0.1, 0.15) is 28.9 Å². The lowest BCUT2D eigenvalue weighted by molar-refractivity contribution is -0.136. The zero-order chi connectivity index (χ0) is 25.9. The number of aromatic nitrogens is 2. The number of hydrogen-bond acceptors (Lipinski definition) is 7. The summed E-state index contributed by atoms with van der Waals surface area (Å²) < 4.78 is 10.8. The minimum Gasteiger partial charge on any atom is -0.491 e. The van der Waals surface area contributed by atoms with Crippen molar-refractivity contribution < 1.29 is 28.7 Å². The van der Waals surface area contributed by atoms with Crippen molar-refractivity contribution in [2.24, 2.45) is 0 Å². The second-order valence-electron chi connectivity index (χ2n) is 8.37. The monoisotopic (exact) mass is 500 g/mol. The summed E-state index contributed by atoms with van der Waals surface area (Å²) in [7, 11) is 3.17. The number of imidazole rings is 1. The molecule has 0 spiro atoms. The molecule has 0 fully saturated rings. The molecule has 194 valence electrons. The molecule has 1 aromatic heterocycles. The summed E-state index contributed by atoms with van der Waals surface area (Å²) in [4.78, 5) is 60.5. The van der Waals surface area contributed by atoms with Gasteiger partial charge < -0.3 is 35.3 Å². The summed E-state index contributed by atoms with van der Waals surface area (Å²) >= 11 is 0. The van der Waals surface area contributed by atoms with Crippen molar-refractivity contribution in [3.05, 3.63) is 48.0 Å². The quantitative estimate of drug-likeness (QED) is 0.378. The van der Waals surface area contributed by atoms with E-state index in [1.54, 1.807) is 44.6 Å². The molecule has 36 heavy (non-hydrogen) atoms. The van der Waals surface area contributed by atoms with Crippen LogP contribution < -0.4 is 20.7 Å². The van der Waals surface area contributed by atoms with Crippen LogP contribution in [0.4, 0.5) is 0 Å². The molecule has 12 nitrogen and oxygen atoms in total. The molecule has 1 aliphatic heterocycles. The molecule has 12 heteroatoms. The number of hydrogen-bond donors (Lipinski definition) is 4. The van der Waals surface area contributed by atoms with E-state index in [0.717, 1.165) is 0 Å². The number of likely N-dealkylation sites (N-methyl/N-ethyl adjacent to an activating group) is 1. The summed E-state index contributed by atoms with van der Waals surface area (Å²) in [5.74, 6) is -1.64. The van der Waals surface area contributed by atoms with Crippen LogP contribution in [-0.2, 0) is 25.5 Å². The predicted molar refractivity (Wildman–Crippen MR) is 129 cm³/mol. The smallest absolute Gasteiger partial charge is 0.255 e. The summed E-state index contributed by atoms with van der Waals surface area (Å²) in [5.41, 5.74) is 0.882. The Balaban J connectivity index is 1.85. The van der Waals surface area contributed by atoms with Gasteiger partial charge in [0.2, 0.25) is 17.7 Å². The molecule has 1 aromatic carbocycles. The first kappa shape index (κ1) is 26.7. The lowest BCUT2D eigenvalue weighted by Gasteiger charge is -2.26. The topological polar surface area (TPSA) is 155 Å². The molecule has 3 rings (SSSR count). The van der Waals surface area contributed by atoms with Gasteiger partial charge >= 0.3 is 0 Å². The second kappa shape index (κ2) is 13.2. The Morgan fingerprint density at radius 2 is 2.06 bits per heavy atom. The van der Waals surface area contributed by atoms with E-state index in [2.05, 4.69) is 25.9 Å². The number of methoxy groups -OCH3 is 1. The van der Waals surface area contributed by atoms with Crippen LogP contribution in [0.15, 0.2) is 36.8 Å². The Kier molecular flexibility index (Phi) is 9.81. The number of nitrogens with one attached hydrogen (secondary N) is 4. The molecule has 0 aliphatic carbocycles. The van der Waals surface area contributed by atoms with E-state index in [-0.39, 0.29) is 37.5 Å². The molecule has 0 saturated heterocycles. The number of carbonyl (C=O) groups excluding carboxylic acids is 4. The summed E-state index contributed by atoms with van der Waals surface area (Å²) in [5, 5.41) is 8.08. The highest BCUT2D eigenvalue weighted by atomic mass is 16.5. The average Bonchev–Trinajstić information content (AvgIpc) is 3.38. The van der Waals surface area contributed by atoms with E-state index in [4.69, 9.17) is 9.47 Å². The lowest BCUT2D eigenvalue weighted by Crippen LogP contribution is -2.53. The highest BCUT2D eigenvalue weighted by molar-refractivity contribution is 6.01. The number of amides is 4. The second-order valence-corrected chi connectivity index (χ2v) is 8.37. The third kappa shape index (κ3) is 7.54. The zero-order valence-electron chi connectivity index (χ0n) is 20.4. The van der Waals surface area contributed by atoms with Crippen LogP contribution in [0.5, 0.6) is 5.75 Å². The van der Waals surface area contributed by atoms with E-state index in [9.17, 15) is 19.2 Å². The van der Waals surface area contributed by atoms with E-state index < -0.39 is 29.8 Å². The molecule has 1 aliphatic rings. The predicted octanol–water partition coefficient (Wildman–Crippen LogP) is -0.371. The minimum atomic E-state index is -1.17. The van der Waals surface area contributed by atoms with Crippen LogP contribution in [-0.4, -0.2) is 91.0 Å².